The molecule has 0 aromatic carbocycles. The van der Waals surface area contributed by atoms with Gasteiger partial charge in [-0.1, -0.05) is 245 Å². The van der Waals surface area contributed by atoms with Crippen molar-refractivity contribution < 1.29 is 4.57 Å². The van der Waals surface area contributed by atoms with Crippen LogP contribution in [0, 0.1) is 0 Å². The highest BCUT2D eigenvalue weighted by molar-refractivity contribution is 4.84. The van der Waals surface area contributed by atoms with Crippen LogP contribution in [-0.4, -0.2) is 4.57 Å². The van der Waals surface area contributed by atoms with E-state index in [0.717, 1.165) is 0 Å². The minimum Gasteiger partial charge on any atom is -0.234 e. The van der Waals surface area contributed by atoms with Gasteiger partial charge in [0.2, 0.25) is 0 Å². The van der Waals surface area contributed by atoms with Gasteiger partial charge in [0.25, 0.3) is 5.82 Å². The van der Waals surface area contributed by atoms with E-state index in [1.54, 1.807) is 5.82 Å². The normalized spacial score (nSPS) is 11.7. The van der Waals surface area contributed by atoms with Crippen LogP contribution >= 0.6 is 0 Å². The van der Waals surface area contributed by atoms with Gasteiger partial charge in [0.15, 0.2) is 0 Å². The number of rotatable bonds is 43. The largest absolute Gasteiger partial charge is 0.256 e. The zero-order valence-electron chi connectivity index (χ0n) is 36.0. The van der Waals surface area contributed by atoms with E-state index in [1.165, 1.54) is 276 Å². The first-order chi connectivity index (χ1) is 25.3. The number of hydrogen-bond acceptors (Lipinski definition) is 0. The minimum absolute atomic E-state index is 1.23. The molecule has 0 aliphatic heterocycles. The van der Waals surface area contributed by atoms with E-state index >= 15 is 0 Å². The Labute approximate surface area is 323 Å². The molecule has 0 aliphatic carbocycles. The van der Waals surface area contributed by atoms with Gasteiger partial charge >= 0.3 is 0 Å². The van der Waals surface area contributed by atoms with Gasteiger partial charge in [-0.3, -0.25) is 0 Å². The van der Waals surface area contributed by atoms with Crippen molar-refractivity contribution >= 4 is 0 Å². The summed E-state index contributed by atoms with van der Waals surface area (Å²) in [5, 5.41) is 0. The molecule has 0 atom stereocenters. The Morgan fingerprint density at radius 2 is 0.608 bits per heavy atom. The standard InChI is InChI=1S/C49H97N2/c1-4-7-10-13-16-18-20-22-24-26-28-30-32-34-36-39-42-45-50-47-48-51(49(50)44-41-38-15-12-9-6-3)46-43-40-37-35-33-31-29-27-25-23-21-19-17-14-11-8-5-2/h47-48H,4-46H2,1-3H3/q+1. The Hall–Kier alpha value is -0.790. The van der Waals surface area contributed by atoms with Crippen molar-refractivity contribution in [2.75, 3.05) is 0 Å². The topological polar surface area (TPSA) is 8.81 Å². The maximum absolute atomic E-state index is 2.64. The van der Waals surface area contributed by atoms with Crippen molar-refractivity contribution in [1.82, 2.24) is 4.57 Å². The lowest BCUT2D eigenvalue weighted by molar-refractivity contribution is -0.704. The Kier molecular flexibility index (Phi) is 38.2. The summed E-state index contributed by atoms with van der Waals surface area (Å²) < 4.78 is 5.29. The molecule has 1 aromatic rings. The van der Waals surface area contributed by atoms with Crippen molar-refractivity contribution in [3.05, 3.63) is 18.2 Å². The smallest absolute Gasteiger partial charge is 0.234 e. The number of aromatic nitrogens is 2. The van der Waals surface area contributed by atoms with Crippen molar-refractivity contribution in [3.63, 3.8) is 0 Å². The second-order valence-electron chi connectivity index (χ2n) is 16.9. The summed E-state index contributed by atoms with van der Waals surface area (Å²) in [7, 11) is 0. The number of imidazole rings is 1. The maximum Gasteiger partial charge on any atom is 0.256 e. The average Bonchev–Trinajstić information content (AvgIpc) is 3.53. The summed E-state index contributed by atoms with van der Waals surface area (Å²) in [6.07, 6.45) is 63.8. The SMILES string of the molecule is CCCCCCCCCCCCCCCCCCCn1cc[n+](CCCCCCCCCCCCCCCCCCC)c1CCCCCCCC. The van der Waals surface area contributed by atoms with Crippen LogP contribution in [0.4, 0.5) is 0 Å². The summed E-state index contributed by atoms with van der Waals surface area (Å²) >= 11 is 0. The van der Waals surface area contributed by atoms with E-state index in [4.69, 9.17) is 0 Å². The molecule has 1 rings (SSSR count). The Morgan fingerprint density at radius 1 is 0.333 bits per heavy atom. The molecule has 0 saturated heterocycles. The van der Waals surface area contributed by atoms with Crippen molar-refractivity contribution in [2.24, 2.45) is 0 Å². The predicted octanol–water partition coefficient (Wildman–Crippen LogP) is 17.0. The molecule has 0 aliphatic rings. The van der Waals surface area contributed by atoms with Gasteiger partial charge in [-0.15, -0.1) is 0 Å². The van der Waals surface area contributed by atoms with Crippen LogP contribution in [0.15, 0.2) is 12.4 Å². The van der Waals surface area contributed by atoms with Crippen LogP contribution in [0.1, 0.15) is 283 Å². The second kappa shape index (κ2) is 40.4. The maximum atomic E-state index is 2.64. The van der Waals surface area contributed by atoms with E-state index in [-0.39, 0.29) is 0 Å². The fourth-order valence-electron chi connectivity index (χ4n) is 8.27. The number of unbranched alkanes of at least 4 members (excludes halogenated alkanes) is 37. The fraction of sp³-hybridized carbons (Fsp3) is 0.939. The molecule has 2 heteroatoms. The minimum atomic E-state index is 1.23. The zero-order chi connectivity index (χ0) is 36.6. The Morgan fingerprint density at radius 3 is 0.941 bits per heavy atom. The quantitative estimate of drug-likeness (QED) is 0.0471. The summed E-state index contributed by atoms with van der Waals surface area (Å²) in [6.45, 7) is 9.42. The number of hydrogen-bond donors (Lipinski definition) is 0. The molecule has 302 valence electrons. The van der Waals surface area contributed by atoms with Crippen LogP contribution < -0.4 is 4.57 Å². The van der Waals surface area contributed by atoms with Gasteiger partial charge < -0.3 is 0 Å². The van der Waals surface area contributed by atoms with Crippen molar-refractivity contribution in [2.45, 2.75) is 297 Å². The van der Waals surface area contributed by atoms with Crippen molar-refractivity contribution in [1.29, 1.82) is 0 Å². The van der Waals surface area contributed by atoms with Crippen LogP contribution in [0.5, 0.6) is 0 Å². The van der Waals surface area contributed by atoms with Crippen LogP contribution in [-0.2, 0) is 19.5 Å². The summed E-state index contributed by atoms with van der Waals surface area (Å²) in [5.41, 5.74) is 0. The number of aryl methyl sites for hydroxylation is 2. The zero-order valence-corrected chi connectivity index (χ0v) is 36.0. The predicted molar refractivity (Wildman–Crippen MR) is 230 cm³/mol. The molecule has 0 fully saturated rings. The monoisotopic (exact) mass is 714 g/mol. The highest BCUT2D eigenvalue weighted by Crippen LogP contribution is 2.17. The first kappa shape index (κ1) is 48.2. The molecule has 1 aromatic heterocycles. The van der Waals surface area contributed by atoms with Gasteiger partial charge in [0, 0.05) is 6.42 Å². The van der Waals surface area contributed by atoms with E-state index in [0.29, 0.717) is 0 Å². The number of nitrogens with zero attached hydrogens (tertiary/aromatic N) is 2. The molecular formula is C49H97N2+. The molecule has 51 heavy (non-hydrogen) atoms. The molecule has 0 saturated carbocycles. The molecule has 0 bridgehead atoms. The highest BCUT2D eigenvalue weighted by Gasteiger charge is 2.16. The first-order valence-corrected chi connectivity index (χ1v) is 24.4. The fourth-order valence-corrected chi connectivity index (χ4v) is 8.27. The van der Waals surface area contributed by atoms with Gasteiger partial charge in [-0.2, -0.15) is 0 Å². The second-order valence-corrected chi connectivity index (χ2v) is 16.9. The summed E-state index contributed by atoms with van der Waals surface area (Å²) in [4.78, 5) is 0. The lowest BCUT2D eigenvalue weighted by Crippen LogP contribution is -2.37. The van der Waals surface area contributed by atoms with E-state index < -0.39 is 0 Å². The Balaban J connectivity index is 2.13. The summed E-state index contributed by atoms with van der Waals surface area (Å²) in [5.74, 6) is 1.62. The van der Waals surface area contributed by atoms with Crippen LogP contribution in [0.3, 0.4) is 0 Å². The summed E-state index contributed by atoms with van der Waals surface area (Å²) in [6, 6.07) is 0. The van der Waals surface area contributed by atoms with Gasteiger partial charge in [0.05, 0.1) is 13.1 Å². The van der Waals surface area contributed by atoms with Gasteiger partial charge in [0.1, 0.15) is 12.4 Å². The van der Waals surface area contributed by atoms with Gasteiger partial charge in [-0.25, -0.2) is 9.13 Å². The van der Waals surface area contributed by atoms with E-state index in [1.807, 2.05) is 0 Å². The third kappa shape index (κ3) is 32.4. The molecule has 0 N–H and O–H groups in total. The van der Waals surface area contributed by atoms with Gasteiger partial charge in [-0.05, 0) is 32.1 Å². The van der Waals surface area contributed by atoms with Crippen molar-refractivity contribution in [3.8, 4) is 0 Å². The molecule has 0 radical (unpaired) electrons. The first-order valence-electron chi connectivity index (χ1n) is 24.4. The van der Waals surface area contributed by atoms with Crippen LogP contribution in [0.2, 0.25) is 0 Å². The molecule has 0 amide bonds. The highest BCUT2D eigenvalue weighted by atomic mass is 15.1. The lowest BCUT2D eigenvalue weighted by Gasteiger charge is -2.07. The molecule has 1 heterocycles. The third-order valence-corrected chi connectivity index (χ3v) is 11.8. The molecule has 2 nitrogen and oxygen atoms in total. The van der Waals surface area contributed by atoms with E-state index in [2.05, 4.69) is 42.3 Å². The molecular weight excluding hydrogens is 617 g/mol. The van der Waals surface area contributed by atoms with Crippen LogP contribution in [0.25, 0.3) is 0 Å². The molecule has 0 unspecified atom stereocenters. The lowest BCUT2D eigenvalue weighted by atomic mass is 10.0. The van der Waals surface area contributed by atoms with E-state index in [9.17, 15) is 0 Å². The Bertz CT molecular complexity index is 726. The molecule has 0 spiro atoms. The third-order valence-electron chi connectivity index (χ3n) is 11.8. The average molecular weight is 714 g/mol.